The Kier molecular flexibility index (Phi) is 6.65. The number of carbonyl (C=O) groups is 1. The second kappa shape index (κ2) is 9.36. The van der Waals surface area contributed by atoms with Crippen LogP contribution in [0.3, 0.4) is 0 Å². The first-order chi connectivity index (χ1) is 13.5. The van der Waals surface area contributed by atoms with E-state index in [0.717, 1.165) is 10.0 Å². The van der Waals surface area contributed by atoms with Crippen LogP contribution < -0.4 is 14.8 Å². The Morgan fingerprint density at radius 3 is 2.75 bits per heavy atom. The number of amides is 1. The van der Waals surface area contributed by atoms with Crippen LogP contribution in [0.25, 0.3) is 10.9 Å². The van der Waals surface area contributed by atoms with Crippen molar-refractivity contribution in [1.82, 2.24) is 10.3 Å². The fraction of sp³-hybridized carbons (Fsp3) is 0.200. The number of nitrogens with zero attached hydrogens (tertiary/aromatic N) is 1. The fourth-order valence-electron chi connectivity index (χ4n) is 2.56. The van der Waals surface area contributed by atoms with Crippen LogP contribution in [-0.2, 0) is 6.61 Å². The van der Waals surface area contributed by atoms with E-state index in [1.165, 1.54) is 0 Å². The molecule has 2 N–H and O–H groups in total. The number of pyridine rings is 1. The Labute approximate surface area is 169 Å². The maximum absolute atomic E-state index is 14.0. The highest BCUT2D eigenvalue weighted by Crippen LogP contribution is 2.36. The quantitative estimate of drug-likeness (QED) is 0.527. The summed E-state index contributed by atoms with van der Waals surface area (Å²) in [4.78, 5) is 14.8. The molecule has 8 heteroatoms. The minimum absolute atomic E-state index is 0.323. The van der Waals surface area contributed by atoms with Crippen LogP contribution in [0.4, 0.5) is 9.18 Å². The molecule has 0 aliphatic heterocycles. The van der Waals surface area contributed by atoms with Gasteiger partial charge >= 0.3 is 6.09 Å². The van der Waals surface area contributed by atoms with Gasteiger partial charge in [-0.2, -0.15) is 0 Å². The van der Waals surface area contributed by atoms with Gasteiger partial charge in [0.25, 0.3) is 0 Å². The predicted octanol–water partition coefficient (Wildman–Crippen LogP) is 4.56. The van der Waals surface area contributed by atoms with Crippen LogP contribution in [0.1, 0.15) is 5.56 Å². The number of ether oxygens (including phenoxy) is 2. The molecule has 1 heterocycles. The van der Waals surface area contributed by atoms with Gasteiger partial charge in [-0.1, -0.05) is 30.3 Å². The average Bonchev–Trinajstić information content (AvgIpc) is 2.70. The number of hydrogen-bond donors (Lipinski definition) is 2. The van der Waals surface area contributed by atoms with Gasteiger partial charge in [0.15, 0.2) is 17.7 Å². The number of hydrogen-bond acceptors (Lipinski definition) is 4. The summed E-state index contributed by atoms with van der Waals surface area (Å²) in [6.07, 6.45) is -1.13. The molecule has 0 fully saturated rings. The van der Waals surface area contributed by atoms with E-state index in [4.69, 9.17) is 14.6 Å². The lowest BCUT2D eigenvalue weighted by Gasteiger charge is -2.16. The number of halogens is 2. The molecule has 0 saturated heterocycles. The van der Waals surface area contributed by atoms with Crippen molar-refractivity contribution in [2.75, 3.05) is 13.2 Å². The molecule has 1 atom stereocenters. The van der Waals surface area contributed by atoms with Crippen LogP contribution in [0.5, 0.6) is 11.5 Å². The van der Waals surface area contributed by atoms with Crippen molar-refractivity contribution in [3.8, 4) is 11.5 Å². The molecular weight excluding hydrogens is 431 g/mol. The molecule has 28 heavy (non-hydrogen) atoms. The normalized spacial score (nSPS) is 11.8. The summed E-state index contributed by atoms with van der Waals surface area (Å²) in [6, 6.07) is 15.0. The number of benzene rings is 2. The molecule has 1 amide bonds. The minimum Gasteiger partial charge on any atom is -0.486 e. The van der Waals surface area contributed by atoms with Crippen LogP contribution in [0.2, 0.25) is 0 Å². The number of nitrogens with one attached hydrogen (secondary N) is 1. The maximum atomic E-state index is 14.0. The van der Waals surface area contributed by atoms with Gasteiger partial charge in [0.2, 0.25) is 0 Å². The largest absolute Gasteiger partial charge is 0.486 e. The summed E-state index contributed by atoms with van der Waals surface area (Å²) < 4.78 is 26.3. The van der Waals surface area contributed by atoms with Crippen molar-refractivity contribution in [3.05, 3.63) is 64.8 Å². The van der Waals surface area contributed by atoms with E-state index in [2.05, 4.69) is 20.9 Å². The molecule has 146 valence electrons. The van der Waals surface area contributed by atoms with E-state index in [-0.39, 0.29) is 13.2 Å². The Morgan fingerprint density at radius 2 is 2.00 bits per heavy atom. The second-order valence-corrected chi connectivity index (χ2v) is 6.90. The molecule has 2 aromatic carbocycles. The number of carboxylic acid groups (broad SMARTS) is 1. The molecular formula is C20H18BrFN2O4. The smallest absolute Gasteiger partial charge is 0.404 e. The SMILES string of the molecule is O=C(O)NCC(F)COc1c(OCc2ccccc2)ccc2ncc(Br)cc12. The lowest BCUT2D eigenvalue weighted by atomic mass is 10.2. The van der Waals surface area contributed by atoms with Gasteiger partial charge in [-0.3, -0.25) is 4.98 Å². The third-order valence-electron chi connectivity index (χ3n) is 3.87. The Morgan fingerprint density at radius 1 is 1.21 bits per heavy atom. The summed E-state index contributed by atoms with van der Waals surface area (Å²) in [5.41, 5.74) is 1.65. The lowest BCUT2D eigenvalue weighted by Crippen LogP contribution is -2.31. The average molecular weight is 449 g/mol. The van der Waals surface area contributed by atoms with Crippen LogP contribution in [-0.4, -0.2) is 35.5 Å². The Bertz CT molecular complexity index is 956. The van der Waals surface area contributed by atoms with Crippen molar-refractivity contribution in [2.45, 2.75) is 12.8 Å². The van der Waals surface area contributed by atoms with E-state index >= 15 is 0 Å². The summed E-state index contributed by atoms with van der Waals surface area (Å²) in [5, 5.41) is 11.3. The minimum atomic E-state index is -1.51. The molecule has 0 radical (unpaired) electrons. The standard InChI is InChI=1S/C20H18BrFN2O4/c21-14-8-16-17(23-9-14)6-7-18(27-11-13-4-2-1-3-5-13)19(16)28-12-15(22)10-24-20(25)26/h1-9,15,24H,10-12H2,(H,25,26). The second-order valence-electron chi connectivity index (χ2n) is 5.98. The third-order valence-corrected chi connectivity index (χ3v) is 4.30. The van der Waals surface area contributed by atoms with Crippen molar-refractivity contribution in [2.24, 2.45) is 0 Å². The zero-order valence-electron chi connectivity index (χ0n) is 14.8. The van der Waals surface area contributed by atoms with Gasteiger partial charge < -0.3 is 19.9 Å². The molecule has 0 spiro atoms. The summed E-state index contributed by atoms with van der Waals surface area (Å²) in [5.74, 6) is 0.815. The predicted molar refractivity (Wildman–Crippen MR) is 107 cm³/mol. The first-order valence-corrected chi connectivity index (χ1v) is 9.31. The van der Waals surface area contributed by atoms with Crippen LogP contribution in [0.15, 0.2) is 59.2 Å². The van der Waals surface area contributed by atoms with Gasteiger partial charge in [-0.05, 0) is 39.7 Å². The summed E-state index contributed by atoms with van der Waals surface area (Å²) in [6.45, 7) is -0.361. The van der Waals surface area contributed by atoms with E-state index in [0.29, 0.717) is 29.0 Å². The molecule has 1 aromatic heterocycles. The third kappa shape index (κ3) is 5.32. The fourth-order valence-corrected chi connectivity index (χ4v) is 2.89. The first kappa shape index (κ1) is 19.9. The van der Waals surface area contributed by atoms with Crippen molar-refractivity contribution in [1.29, 1.82) is 0 Å². The molecule has 3 aromatic rings. The number of rotatable bonds is 8. The molecule has 0 aliphatic rings. The van der Waals surface area contributed by atoms with Crippen molar-refractivity contribution in [3.63, 3.8) is 0 Å². The van der Waals surface area contributed by atoms with Crippen LogP contribution in [0, 0.1) is 0 Å². The molecule has 0 saturated carbocycles. The molecule has 1 unspecified atom stereocenters. The molecule has 0 bridgehead atoms. The van der Waals surface area contributed by atoms with E-state index in [1.54, 1.807) is 18.3 Å². The Balaban J connectivity index is 1.83. The zero-order chi connectivity index (χ0) is 19.9. The Hall–Kier alpha value is -2.87. The van der Waals surface area contributed by atoms with Gasteiger partial charge in [-0.25, -0.2) is 9.18 Å². The van der Waals surface area contributed by atoms with Crippen molar-refractivity contribution < 1.29 is 23.8 Å². The highest BCUT2D eigenvalue weighted by Gasteiger charge is 2.16. The monoisotopic (exact) mass is 448 g/mol. The van der Waals surface area contributed by atoms with Crippen LogP contribution >= 0.6 is 15.9 Å². The molecule has 3 rings (SSSR count). The summed E-state index contributed by atoms with van der Waals surface area (Å²) in [7, 11) is 0. The first-order valence-electron chi connectivity index (χ1n) is 8.51. The number of aromatic nitrogens is 1. The summed E-state index contributed by atoms with van der Waals surface area (Å²) >= 11 is 3.38. The number of fused-ring (bicyclic) bond motifs is 1. The van der Waals surface area contributed by atoms with Gasteiger partial charge in [0.05, 0.1) is 12.1 Å². The highest BCUT2D eigenvalue weighted by molar-refractivity contribution is 9.10. The van der Waals surface area contributed by atoms with E-state index in [1.807, 2.05) is 41.7 Å². The van der Waals surface area contributed by atoms with Gasteiger partial charge in [0.1, 0.15) is 13.2 Å². The highest BCUT2D eigenvalue weighted by atomic mass is 79.9. The topological polar surface area (TPSA) is 80.7 Å². The maximum Gasteiger partial charge on any atom is 0.404 e. The lowest BCUT2D eigenvalue weighted by molar-refractivity contribution is 0.169. The molecule has 0 aliphatic carbocycles. The number of alkyl halides is 1. The zero-order valence-corrected chi connectivity index (χ0v) is 16.4. The van der Waals surface area contributed by atoms with E-state index < -0.39 is 12.3 Å². The molecule has 6 nitrogen and oxygen atoms in total. The van der Waals surface area contributed by atoms with Gasteiger partial charge in [-0.15, -0.1) is 0 Å². The van der Waals surface area contributed by atoms with E-state index in [9.17, 15) is 9.18 Å². The van der Waals surface area contributed by atoms with Crippen molar-refractivity contribution >= 4 is 32.9 Å². The van der Waals surface area contributed by atoms with Gasteiger partial charge in [0, 0.05) is 16.1 Å².